The van der Waals surface area contributed by atoms with Crippen LogP contribution in [0.2, 0.25) is 0 Å². The fourth-order valence-corrected chi connectivity index (χ4v) is 3.30. The number of furan rings is 1. The van der Waals surface area contributed by atoms with Gasteiger partial charge in [0.2, 0.25) is 0 Å². The van der Waals surface area contributed by atoms with Crippen LogP contribution < -0.4 is 5.32 Å². The molecule has 2 aromatic rings. The van der Waals surface area contributed by atoms with E-state index in [1.807, 2.05) is 23.6 Å². The van der Waals surface area contributed by atoms with Gasteiger partial charge in [0.05, 0.1) is 18.5 Å². The minimum Gasteiger partial charge on any atom is -0.459 e. The summed E-state index contributed by atoms with van der Waals surface area (Å²) in [5.74, 6) is 1.22. The number of amides is 1. The molecule has 0 atom stereocenters. The third kappa shape index (κ3) is 4.86. The lowest BCUT2D eigenvalue weighted by atomic mass is 10.2. The van der Waals surface area contributed by atoms with Crippen molar-refractivity contribution in [2.24, 2.45) is 12.0 Å². The predicted molar refractivity (Wildman–Crippen MR) is 119 cm³/mol. The lowest BCUT2D eigenvalue weighted by Crippen LogP contribution is -2.53. The van der Waals surface area contributed by atoms with Crippen LogP contribution in [0.3, 0.4) is 0 Å². The largest absolute Gasteiger partial charge is 0.459 e. The van der Waals surface area contributed by atoms with Crippen LogP contribution in [-0.4, -0.2) is 64.2 Å². The molecule has 1 saturated heterocycles. The van der Waals surface area contributed by atoms with Gasteiger partial charge >= 0.3 is 0 Å². The van der Waals surface area contributed by atoms with E-state index >= 15 is 0 Å². The summed E-state index contributed by atoms with van der Waals surface area (Å²) in [7, 11) is 1.95. The first-order chi connectivity index (χ1) is 13.0. The Bertz CT molecular complexity index is 807. The Morgan fingerprint density at radius 1 is 1.25 bits per heavy atom. The van der Waals surface area contributed by atoms with Crippen LogP contribution in [0.25, 0.3) is 0 Å². The number of aryl methyl sites for hydroxylation is 2. The third-order valence-electron chi connectivity index (χ3n) is 4.98. The number of rotatable bonds is 4. The smallest absolute Gasteiger partial charge is 0.289 e. The maximum absolute atomic E-state index is 12.4. The highest BCUT2D eigenvalue weighted by molar-refractivity contribution is 14.0. The van der Waals surface area contributed by atoms with Gasteiger partial charge in [-0.1, -0.05) is 0 Å². The molecule has 0 saturated carbocycles. The van der Waals surface area contributed by atoms with Gasteiger partial charge in [-0.3, -0.25) is 9.48 Å². The summed E-state index contributed by atoms with van der Waals surface area (Å²) in [6.07, 6.45) is 1.53. The number of aromatic nitrogens is 2. The van der Waals surface area contributed by atoms with Crippen LogP contribution in [0.15, 0.2) is 27.8 Å². The quantitative estimate of drug-likeness (QED) is 0.396. The molecule has 0 radical (unpaired) electrons. The fourth-order valence-electron chi connectivity index (χ4n) is 3.30. The maximum Gasteiger partial charge on any atom is 0.289 e. The van der Waals surface area contributed by atoms with Gasteiger partial charge in [-0.05, 0) is 32.9 Å². The van der Waals surface area contributed by atoms with Gasteiger partial charge in [0.25, 0.3) is 5.91 Å². The van der Waals surface area contributed by atoms with Crippen molar-refractivity contribution in [1.29, 1.82) is 0 Å². The summed E-state index contributed by atoms with van der Waals surface area (Å²) in [5.41, 5.74) is 3.32. The summed E-state index contributed by atoms with van der Waals surface area (Å²) in [6, 6.07) is 3.45. The Labute approximate surface area is 183 Å². The van der Waals surface area contributed by atoms with Crippen LogP contribution in [0.5, 0.6) is 0 Å². The highest BCUT2D eigenvalue weighted by Crippen LogP contribution is 2.14. The number of halogens is 1. The van der Waals surface area contributed by atoms with Crippen molar-refractivity contribution in [3.8, 4) is 0 Å². The van der Waals surface area contributed by atoms with Crippen molar-refractivity contribution in [3.05, 3.63) is 41.1 Å². The first-order valence-corrected chi connectivity index (χ1v) is 9.36. The number of piperazine rings is 1. The monoisotopic (exact) mass is 500 g/mol. The van der Waals surface area contributed by atoms with Crippen molar-refractivity contribution in [2.75, 3.05) is 32.7 Å². The highest BCUT2D eigenvalue weighted by atomic mass is 127. The highest BCUT2D eigenvalue weighted by Gasteiger charge is 2.25. The molecule has 3 heterocycles. The topological polar surface area (TPSA) is 78.9 Å². The first kappa shape index (κ1) is 22.3. The van der Waals surface area contributed by atoms with Gasteiger partial charge in [0, 0.05) is 51.0 Å². The van der Waals surface area contributed by atoms with Gasteiger partial charge in [0.1, 0.15) is 0 Å². The molecule has 0 spiro atoms. The zero-order valence-electron chi connectivity index (χ0n) is 16.9. The van der Waals surface area contributed by atoms with Crippen molar-refractivity contribution in [1.82, 2.24) is 24.9 Å². The van der Waals surface area contributed by atoms with Crippen LogP contribution in [-0.2, 0) is 13.6 Å². The molecule has 1 aliphatic heterocycles. The molecular weight excluding hydrogens is 471 g/mol. The summed E-state index contributed by atoms with van der Waals surface area (Å²) < 4.78 is 7.12. The molecule has 28 heavy (non-hydrogen) atoms. The van der Waals surface area contributed by atoms with E-state index < -0.39 is 0 Å². The van der Waals surface area contributed by atoms with Crippen molar-refractivity contribution < 1.29 is 9.21 Å². The number of nitrogens with one attached hydrogen (secondary N) is 1. The third-order valence-corrected chi connectivity index (χ3v) is 4.98. The molecule has 1 amide bonds. The molecule has 154 valence electrons. The Kier molecular flexibility index (Phi) is 7.90. The molecule has 0 unspecified atom stereocenters. The molecule has 1 N–H and O–H groups in total. The van der Waals surface area contributed by atoms with Crippen molar-refractivity contribution in [2.45, 2.75) is 27.3 Å². The van der Waals surface area contributed by atoms with E-state index in [0.717, 1.165) is 37.0 Å². The van der Waals surface area contributed by atoms with Crippen LogP contribution in [0, 0.1) is 13.8 Å². The zero-order valence-corrected chi connectivity index (χ0v) is 19.3. The Hall–Kier alpha value is -2.04. The zero-order chi connectivity index (χ0) is 19.4. The molecule has 3 rings (SSSR count). The minimum atomic E-state index is -0.0526. The van der Waals surface area contributed by atoms with Crippen LogP contribution >= 0.6 is 24.0 Å². The Balaban J connectivity index is 0.00000280. The van der Waals surface area contributed by atoms with E-state index in [4.69, 9.17) is 9.41 Å². The van der Waals surface area contributed by atoms with E-state index in [2.05, 4.69) is 29.2 Å². The number of hydrogen-bond acceptors (Lipinski definition) is 4. The maximum atomic E-state index is 12.4. The van der Waals surface area contributed by atoms with E-state index in [9.17, 15) is 4.79 Å². The standard InChI is InChI=1S/C19H28N6O2.HI/c1-5-20-19(21-13-16-14(2)22-23(4)15(16)3)25-10-8-24(9-11-25)18(26)17-7-6-12-27-17;/h6-7,12H,5,8-11,13H2,1-4H3,(H,20,21);1H. The second kappa shape index (κ2) is 9.94. The average Bonchev–Trinajstić information content (AvgIpc) is 3.28. The molecule has 9 heteroatoms. The van der Waals surface area contributed by atoms with E-state index in [1.54, 1.807) is 12.1 Å². The molecule has 0 bridgehead atoms. The molecule has 2 aromatic heterocycles. The lowest BCUT2D eigenvalue weighted by Gasteiger charge is -2.36. The number of hydrogen-bond donors (Lipinski definition) is 1. The van der Waals surface area contributed by atoms with Gasteiger partial charge in [-0.25, -0.2) is 4.99 Å². The Morgan fingerprint density at radius 2 is 1.93 bits per heavy atom. The Morgan fingerprint density at radius 3 is 2.46 bits per heavy atom. The molecule has 0 aromatic carbocycles. The van der Waals surface area contributed by atoms with E-state index in [0.29, 0.717) is 25.4 Å². The fraction of sp³-hybridized carbons (Fsp3) is 0.526. The first-order valence-electron chi connectivity index (χ1n) is 9.36. The molecule has 8 nitrogen and oxygen atoms in total. The summed E-state index contributed by atoms with van der Waals surface area (Å²) >= 11 is 0. The van der Waals surface area contributed by atoms with Gasteiger partial charge in [-0.15, -0.1) is 24.0 Å². The average molecular weight is 500 g/mol. The molecule has 1 fully saturated rings. The van der Waals surface area contributed by atoms with Gasteiger partial charge < -0.3 is 19.5 Å². The molecular formula is C19H29IN6O2. The molecule has 0 aliphatic carbocycles. The van der Waals surface area contributed by atoms with Gasteiger partial charge in [0.15, 0.2) is 11.7 Å². The summed E-state index contributed by atoms with van der Waals surface area (Å²) in [5, 5.41) is 7.83. The van der Waals surface area contributed by atoms with Crippen molar-refractivity contribution in [3.63, 3.8) is 0 Å². The minimum absolute atomic E-state index is 0. The number of nitrogens with zero attached hydrogens (tertiary/aromatic N) is 5. The SMILES string of the molecule is CCNC(=NCc1c(C)nn(C)c1C)N1CCN(C(=O)c2ccco2)CC1.I. The second-order valence-electron chi connectivity index (χ2n) is 6.70. The number of guanidine groups is 1. The molecule has 1 aliphatic rings. The summed E-state index contributed by atoms with van der Waals surface area (Å²) in [4.78, 5) is 21.3. The van der Waals surface area contributed by atoms with Crippen LogP contribution in [0.1, 0.15) is 34.4 Å². The van der Waals surface area contributed by atoms with Crippen molar-refractivity contribution >= 4 is 35.8 Å². The lowest BCUT2D eigenvalue weighted by molar-refractivity contribution is 0.0657. The van der Waals surface area contributed by atoms with E-state index in [1.165, 1.54) is 11.8 Å². The number of carbonyl (C=O) groups is 1. The second-order valence-corrected chi connectivity index (χ2v) is 6.70. The van der Waals surface area contributed by atoms with Gasteiger partial charge in [-0.2, -0.15) is 5.10 Å². The number of carbonyl (C=O) groups excluding carboxylic acids is 1. The normalized spacial score (nSPS) is 14.8. The predicted octanol–water partition coefficient (Wildman–Crippen LogP) is 2.17. The summed E-state index contributed by atoms with van der Waals surface area (Å²) in [6.45, 7) is 10.3. The van der Waals surface area contributed by atoms with E-state index in [-0.39, 0.29) is 29.9 Å². The number of aliphatic imine (C=N–C) groups is 1. The van der Waals surface area contributed by atoms with Crippen LogP contribution in [0.4, 0.5) is 0 Å².